The van der Waals surface area contributed by atoms with Gasteiger partial charge in [-0.05, 0) is 26.2 Å². The molecule has 1 amide bonds. The van der Waals surface area contributed by atoms with Gasteiger partial charge < -0.3 is 10.6 Å². The van der Waals surface area contributed by atoms with Gasteiger partial charge in [-0.2, -0.15) is 0 Å². The molecule has 0 bridgehead atoms. The van der Waals surface area contributed by atoms with E-state index in [4.69, 9.17) is 5.73 Å². The average Bonchev–Trinajstić information content (AvgIpc) is 2.49. The van der Waals surface area contributed by atoms with Gasteiger partial charge in [-0.15, -0.1) is 0 Å². The van der Waals surface area contributed by atoms with Gasteiger partial charge >= 0.3 is 0 Å². The minimum atomic E-state index is -0.336. The highest BCUT2D eigenvalue weighted by Crippen LogP contribution is 2.20. The first-order valence-electron chi connectivity index (χ1n) is 4.73. The normalized spacial score (nSPS) is 25.9. The van der Waals surface area contributed by atoms with Crippen LogP contribution in [0.3, 0.4) is 0 Å². The molecular weight excluding hydrogens is 152 g/mol. The number of nitrogens with two attached hydrogens (primary N) is 1. The van der Waals surface area contributed by atoms with Gasteiger partial charge in [0.05, 0.1) is 6.04 Å². The quantitative estimate of drug-likeness (QED) is 0.664. The highest BCUT2D eigenvalue weighted by Gasteiger charge is 2.28. The molecule has 12 heavy (non-hydrogen) atoms. The first kappa shape index (κ1) is 9.52. The summed E-state index contributed by atoms with van der Waals surface area (Å²) in [6, 6.07) is 0.112. The summed E-state index contributed by atoms with van der Waals surface area (Å²) in [4.78, 5) is 13.5. The third-order valence-corrected chi connectivity index (χ3v) is 2.52. The van der Waals surface area contributed by atoms with Gasteiger partial charge in [-0.3, -0.25) is 4.79 Å². The molecule has 0 saturated carbocycles. The van der Waals surface area contributed by atoms with E-state index < -0.39 is 0 Å². The van der Waals surface area contributed by atoms with E-state index in [9.17, 15) is 4.79 Å². The van der Waals surface area contributed by atoms with E-state index in [0.717, 1.165) is 25.8 Å². The molecule has 2 unspecified atom stereocenters. The Kier molecular flexibility index (Phi) is 3.09. The largest absolute Gasteiger partial charge is 0.338 e. The monoisotopic (exact) mass is 170 g/mol. The minimum Gasteiger partial charge on any atom is -0.338 e. The van der Waals surface area contributed by atoms with Crippen LogP contribution in [0.15, 0.2) is 0 Å². The lowest BCUT2D eigenvalue weighted by molar-refractivity contribution is -0.133. The van der Waals surface area contributed by atoms with Gasteiger partial charge in [0, 0.05) is 12.6 Å². The summed E-state index contributed by atoms with van der Waals surface area (Å²) in [6.45, 7) is 4.78. The Bertz CT molecular complexity index is 168. The summed E-state index contributed by atoms with van der Waals surface area (Å²) in [5, 5.41) is 0. The Morgan fingerprint density at radius 3 is 2.92 bits per heavy atom. The van der Waals surface area contributed by atoms with E-state index in [1.807, 2.05) is 4.90 Å². The molecule has 2 N–H and O–H groups in total. The zero-order valence-electron chi connectivity index (χ0n) is 7.92. The molecule has 0 aromatic carbocycles. The number of carbonyl (C=O) groups is 1. The van der Waals surface area contributed by atoms with E-state index in [1.54, 1.807) is 6.92 Å². The zero-order chi connectivity index (χ0) is 9.14. The maximum absolute atomic E-state index is 11.5. The van der Waals surface area contributed by atoms with Gasteiger partial charge in [0.25, 0.3) is 0 Å². The molecule has 1 aliphatic heterocycles. The fraction of sp³-hybridized carbons (Fsp3) is 0.889. The summed E-state index contributed by atoms with van der Waals surface area (Å²) < 4.78 is 0. The molecule has 0 radical (unpaired) electrons. The topological polar surface area (TPSA) is 46.3 Å². The molecule has 0 spiro atoms. The van der Waals surface area contributed by atoms with Crippen molar-refractivity contribution in [2.24, 2.45) is 5.73 Å². The van der Waals surface area contributed by atoms with Gasteiger partial charge in [-0.25, -0.2) is 0 Å². The van der Waals surface area contributed by atoms with Crippen LogP contribution in [0.4, 0.5) is 0 Å². The molecule has 3 heteroatoms. The predicted molar refractivity (Wildman–Crippen MR) is 48.7 cm³/mol. The maximum atomic E-state index is 11.5. The lowest BCUT2D eigenvalue weighted by Crippen LogP contribution is -2.44. The molecule has 3 nitrogen and oxygen atoms in total. The molecule has 70 valence electrons. The smallest absolute Gasteiger partial charge is 0.239 e. The van der Waals surface area contributed by atoms with E-state index in [-0.39, 0.29) is 11.9 Å². The number of nitrogens with zero attached hydrogens (tertiary/aromatic N) is 1. The average molecular weight is 170 g/mol. The van der Waals surface area contributed by atoms with Crippen molar-refractivity contribution in [3.8, 4) is 0 Å². The van der Waals surface area contributed by atoms with Crippen molar-refractivity contribution in [2.45, 2.75) is 45.2 Å². The second kappa shape index (κ2) is 3.90. The van der Waals surface area contributed by atoms with Crippen LogP contribution in [-0.2, 0) is 4.79 Å². The van der Waals surface area contributed by atoms with Crippen molar-refractivity contribution in [1.29, 1.82) is 0 Å². The highest BCUT2D eigenvalue weighted by molar-refractivity contribution is 5.81. The Balaban J connectivity index is 2.55. The van der Waals surface area contributed by atoms with E-state index >= 15 is 0 Å². The lowest BCUT2D eigenvalue weighted by atomic mass is 10.1. The van der Waals surface area contributed by atoms with Crippen molar-refractivity contribution in [2.75, 3.05) is 6.54 Å². The maximum Gasteiger partial charge on any atom is 0.239 e. The number of amides is 1. The molecule has 2 atom stereocenters. The van der Waals surface area contributed by atoms with Crippen molar-refractivity contribution in [1.82, 2.24) is 4.90 Å². The van der Waals surface area contributed by atoms with Crippen LogP contribution >= 0.6 is 0 Å². The number of hydrogen-bond acceptors (Lipinski definition) is 2. The van der Waals surface area contributed by atoms with Crippen LogP contribution in [0, 0.1) is 0 Å². The minimum absolute atomic E-state index is 0.111. The fourth-order valence-electron chi connectivity index (χ4n) is 1.81. The summed E-state index contributed by atoms with van der Waals surface area (Å²) in [5.74, 6) is 0.111. The third-order valence-electron chi connectivity index (χ3n) is 2.52. The van der Waals surface area contributed by atoms with Crippen molar-refractivity contribution in [3.05, 3.63) is 0 Å². The highest BCUT2D eigenvalue weighted by atomic mass is 16.2. The zero-order valence-corrected chi connectivity index (χ0v) is 7.92. The first-order valence-corrected chi connectivity index (χ1v) is 4.73. The molecule has 0 aliphatic carbocycles. The van der Waals surface area contributed by atoms with Gasteiger partial charge in [0.2, 0.25) is 5.91 Å². The SMILES string of the molecule is CCC1CCCN1C(=O)C(C)N. The summed E-state index contributed by atoms with van der Waals surface area (Å²) in [5.41, 5.74) is 5.54. The number of carbonyl (C=O) groups excluding carboxylic acids is 1. The third kappa shape index (κ3) is 1.78. The van der Waals surface area contributed by atoms with Crippen molar-refractivity contribution < 1.29 is 4.79 Å². The van der Waals surface area contributed by atoms with Gasteiger partial charge in [0.15, 0.2) is 0 Å². The second-order valence-corrected chi connectivity index (χ2v) is 3.52. The summed E-state index contributed by atoms with van der Waals surface area (Å²) >= 11 is 0. The van der Waals surface area contributed by atoms with E-state index in [2.05, 4.69) is 6.92 Å². The van der Waals surface area contributed by atoms with Crippen LogP contribution in [0.1, 0.15) is 33.1 Å². The van der Waals surface area contributed by atoms with Gasteiger partial charge in [-0.1, -0.05) is 6.92 Å². The second-order valence-electron chi connectivity index (χ2n) is 3.52. The Morgan fingerprint density at radius 2 is 2.42 bits per heavy atom. The number of hydrogen-bond donors (Lipinski definition) is 1. The number of likely N-dealkylation sites (tertiary alicyclic amines) is 1. The molecule has 1 fully saturated rings. The van der Waals surface area contributed by atoms with Crippen LogP contribution in [-0.4, -0.2) is 29.4 Å². The van der Waals surface area contributed by atoms with Crippen LogP contribution in [0.25, 0.3) is 0 Å². The number of rotatable bonds is 2. The fourth-order valence-corrected chi connectivity index (χ4v) is 1.81. The molecule has 0 aromatic heterocycles. The van der Waals surface area contributed by atoms with Gasteiger partial charge in [0.1, 0.15) is 0 Å². The Morgan fingerprint density at radius 1 is 1.75 bits per heavy atom. The standard InChI is InChI=1S/C9H18N2O/c1-3-8-5-4-6-11(8)9(12)7(2)10/h7-8H,3-6,10H2,1-2H3. The van der Waals surface area contributed by atoms with Crippen LogP contribution in [0.5, 0.6) is 0 Å². The molecule has 1 saturated heterocycles. The molecule has 1 heterocycles. The van der Waals surface area contributed by atoms with Crippen LogP contribution in [0.2, 0.25) is 0 Å². The van der Waals surface area contributed by atoms with E-state index in [1.165, 1.54) is 0 Å². The molecule has 1 aliphatic rings. The summed E-state index contributed by atoms with van der Waals surface area (Å²) in [7, 11) is 0. The van der Waals surface area contributed by atoms with E-state index in [0.29, 0.717) is 6.04 Å². The van der Waals surface area contributed by atoms with Crippen LogP contribution < -0.4 is 5.73 Å². The molecule has 0 aromatic rings. The predicted octanol–water partition coefficient (Wildman–Crippen LogP) is 0.735. The first-order chi connectivity index (χ1) is 5.66. The van der Waals surface area contributed by atoms with Crippen molar-refractivity contribution >= 4 is 5.91 Å². The molecule has 1 rings (SSSR count). The summed E-state index contributed by atoms with van der Waals surface area (Å²) in [6.07, 6.45) is 3.34. The van der Waals surface area contributed by atoms with Crippen molar-refractivity contribution in [3.63, 3.8) is 0 Å². The Labute approximate surface area is 73.9 Å². The molecular formula is C9H18N2O. The Hall–Kier alpha value is -0.570. The lowest BCUT2D eigenvalue weighted by Gasteiger charge is -2.25.